The number of hydrogen-bond donors (Lipinski definition) is 1. The fourth-order valence-electron chi connectivity index (χ4n) is 4.99. The van der Waals surface area contributed by atoms with E-state index in [1.807, 2.05) is 42.5 Å². The molecule has 0 fully saturated rings. The van der Waals surface area contributed by atoms with E-state index in [2.05, 4.69) is 59.7 Å². The molecule has 0 saturated heterocycles. The van der Waals surface area contributed by atoms with Crippen LogP contribution in [0, 0.1) is 0 Å². The van der Waals surface area contributed by atoms with Crippen LogP contribution in [-0.4, -0.2) is 29.4 Å². The molecule has 1 aliphatic rings. The Morgan fingerprint density at radius 1 is 0.946 bits per heavy atom. The second-order valence-corrected chi connectivity index (χ2v) is 11.4. The largest absolute Gasteiger partial charge is 0.317 e. The van der Waals surface area contributed by atoms with Gasteiger partial charge in [0.25, 0.3) is 0 Å². The van der Waals surface area contributed by atoms with E-state index in [0.717, 1.165) is 51.7 Å². The maximum Gasteiger partial charge on any atom is 0.225 e. The third-order valence-electron chi connectivity index (χ3n) is 6.80. The summed E-state index contributed by atoms with van der Waals surface area (Å²) in [6, 6.07) is 28.9. The highest BCUT2D eigenvalue weighted by Crippen LogP contribution is 2.45. The lowest BCUT2D eigenvalue weighted by Crippen LogP contribution is -2.25. The zero-order chi connectivity index (χ0) is 24.5. The van der Waals surface area contributed by atoms with E-state index < -0.39 is 0 Å². The van der Waals surface area contributed by atoms with Gasteiger partial charge in [-0.3, -0.25) is 4.79 Å². The van der Waals surface area contributed by atoms with Crippen LogP contribution in [0.25, 0.3) is 20.8 Å². The van der Waals surface area contributed by atoms with Gasteiger partial charge in [0.1, 0.15) is 10.0 Å². The van der Waals surface area contributed by atoms with Crippen molar-refractivity contribution in [2.24, 2.45) is 0 Å². The molecule has 0 unspecified atom stereocenters. The molecule has 5 aromatic rings. The Hall–Kier alpha value is -3.03. The zero-order valence-electron chi connectivity index (χ0n) is 20.5. The van der Waals surface area contributed by atoms with Crippen molar-refractivity contribution in [3.05, 3.63) is 106 Å². The SMILES string of the molecule is CN1CCc2c(sc(NC(=O)CC(c3ccccc3)c3ccccc3)c2-c2nc3ccccc3s2)C1.Cl. The van der Waals surface area contributed by atoms with E-state index in [1.54, 1.807) is 22.7 Å². The quantitative estimate of drug-likeness (QED) is 0.239. The first-order chi connectivity index (χ1) is 17.7. The van der Waals surface area contributed by atoms with Gasteiger partial charge in [0.15, 0.2) is 0 Å². The van der Waals surface area contributed by atoms with Crippen LogP contribution in [0.1, 0.15) is 33.9 Å². The number of hydrogen-bond acceptors (Lipinski definition) is 5. The van der Waals surface area contributed by atoms with Crippen molar-refractivity contribution < 1.29 is 4.79 Å². The summed E-state index contributed by atoms with van der Waals surface area (Å²) >= 11 is 3.42. The van der Waals surface area contributed by atoms with E-state index >= 15 is 0 Å². The van der Waals surface area contributed by atoms with Gasteiger partial charge in [-0.1, -0.05) is 72.8 Å². The molecule has 188 valence electrons. The third kappa shape index (κ3) is 5.34. The highest BCUT2D eigenvalue weighted by atomic mass is 35.5. The predicted octanol–water partition coefficient (Wildman–Crippen LogP) is 7.60. The topological polar surface area (TPSA) is 45.2 Å². The van der Waals surface area contributed by atoms with Gasteiger partial charge in [0.05, 0.1) is 10.2 Å². The summed E-state index contributed by atoms with van der Waals surface area (Å²) < 4.78 is 1.17. The van der Waals surface area contributed by atoms with E-state index in [1.165, 1.54) is 15.1 Å². The van der Waals surface area contributed by atoms with Crippen molar-refractivity contribution in [2.45, 2.75) is 25.3 Å². The molecule has 0 spiro atoms. The second-order valence-electron chi connectivity index (χ2n) is 9.31. The molecular formula is C30H28ClN3OS2. The second kappa shape index (κ2) is 11.2. The zero-order valence-corrected chi connectivity index (χ0v) is 23.0. The van der Waals surface area contributed by atoms with E-state index in [0.29, 0.717) is 6.42 Å². The fraction of sp³-hybridized carbons (Fsp3) is 0.200. The Balaban J connectivity index is 0.00000280. The van der Waals surface area contributed by atoms with Crippen molar-refractivity contribution in [3.8, 4) is 10.6 Å². The Kier molecular flexibility index (Phi) is 7.72. The maximum atomic E-state index is 13.6. The van der Waals surface area contributed by atoms with Gasteiger partial charge in [-0.2, -0.15) is 0 Å². The molecule has 4 nitrogen and oxygen atoms in total. The minimum atomic E-state index is -0.000907. The molecule has 1 N–H and O–H groups in total. The van der Waals surface area contributed by atoms with Crippen LogP contribution < -0.4 is 5.32 Å². The lowest BCUT2D eigenvalue weighted by molar-refractivity contribution is -0.116. The summed E-state index contributed by atoms with van der Waals surface area (Å²) in [7, 11) is 2.16. The van der Waals surface area contributed by atoms with Crippen molar-refractivity contribution in [1.82, 2.24) is 9.88 Å². The lowest BCUT2D eigenvalue weighted by atomic mass is 9.88. The Labute approximate surface area is 231 Å². The molecule has 37 heavy (non-hydrogen) atoms. The monoisotopic (exact) mass is 545 g/mol. The molecule has 3 heterocycles. The van der Waals surface area contributed by atoms with Gasteiger partial charge in [0, 0.05) is 35.9 Å². The molecule has 6 rings (SSSR count). The molecule has 7 heteroatoms. The molecule has 1 amide bonds. The molecule has 1 aliphatic heterocycles. The van der Waals surface area contributed by atoms with Crippen LogP contribution in [0.2, 0.25) is 0 Å². The summed E-state index contributed by atoms with van der Waals surface area (Å²) in [4.78, 5) is 22.2. The highest BCUT2D eigenvalue weighted by molar-refractivity contribution is 7.22. The number of para-hydroxylation sites is 1. The number of fused-ring (bicyclic) bond motifs is 2. The standard InChI is InChI=1S/C30H27N3OS2.ClH/c1-33-17-16-22-26(19-33)36-30(28(22)29-31-24-14-8-9-15-25(24)35-29)32-27(34)18-23(20-10-4-2-5-11-20)21-12-6-3-7-13-21;/h2-15,23H,16-19H2,1H3,(H,32,34);1H. The number of halogens is 1. The van der Waals surface area contributed by atoms with Gasteiger partial charge in [-0.05, 0) is 42.3 Å². The maximum absolute atomic E-state index is 13.6. The number of benzene rings is 3. The normalized spacial score (nSPS) is 13.4. The Morgan fingerprint density at radius 3 is 2.27 bits per heavy atom. The molecule has 2 aromatic heterocycles. The predicted molar refractivity (Wildman–Crippen MR) is 158 cm³/mol. The lowest BCUT2D eigenvalue weighted by Gasteiger charge is -2.22. The van der Waals surface area contributed by atoms with Crippen molar-refractivity contribution in [2.75, 3.05) is 18.9 Å². The first-order valence-corrected chi connectivity index (χ1v) is 13.9. The minimum Gasteiger partial charge on any atom is -0.317 e. The Bertz CT molecular complexity index is 1440. The average molecular weight is 546 g/mol. The number of aromatic nitrogens is 1. The van der Waals surface area contributed by atoms with Crippen LogP contribution in [0.5, 0.6) is 0 Å². The number of amides is 1. The van der Waals surface area contributed by atoms with Gasteiger partial charge >= 0.3 is 0 Å². The van der Waals surface area contributed by atoms with Crippen molar-refractivity contribution in [3.63, 3.8) is 0 Å². The molecule has 0 saturated carbocycles. The van der Waals surface area contributed by atoms with Gasteiger partial charge in [-0.25, -0.2) is 4.98 Å². The summed E-state index contributed by atoms with van der Waals surface area (Å²) in [5, 5.41) is 5.25. The van der Waals surface area contributed by atoms with Crippen molar-refractivity contribution in [1.29, 1.82) is 0 Å². The molecule has 0 atom stereocenters. The summed E-state index contributed by atoms with van der Waals surface area (Å²) in [6.07, 6.45) is 1.36. The first-order valence-electron chi connectivity index (χ1n) is 12.2. The molecular weight excluding hydrogens is 518 g/mol. The van der Waals surface area contributed by atoms with Crippen LogP contribution in [0.15, 0.2) is 84.9 Å². The number of nitrogens with one attached hydrogen (secondary N) is 1. The first kappa shape index (κ1) is 25.6. The summed E-state index contributed by atoms with van der Waals surface area (Å²) in [6.45, 7) is 1.92. The fourth-order valence-corrected chi connectivity index (χ4v) is 7.44. The van der Waals surface area contributed by atoms with E-state index in [4.69, 9.17) is 4.98 Å². The molecule has 0 bridgehead atoms. The number of thiazole rings is 1. The average Bonchev–Trinajstić information content (AvgIpc) is 3.48. The van der Waals surface area contributed by atoms with Crippen molar-refractivity contribution >= 4 is 56.2 Å². The van der Waals surface area contributed by atoms with Crippen LogP contribution in [0.3, 0.4) is 0 Å². The number of rotatable bonds is 6. The van der Waals surface area contributed by atoms with Gasteiger partial charge < -0.3 is 10.2 Å². The van der Waals surface area contributed by atoms with Gasteiger partial charge in [-0.15, -0.1) is 35.1 Å². The van der Waals surface area contributed by atoms with E-state index in [-0.39, 0.29) is 24.2 Å². The minimum absolute atomic E-state index is 0. The summed E-state index contributed by atoms with van der Waals surface area (Å²) in [5.41, 5.74) is 5.77. The van der Waals surface area contributed by atoms with Crippen LogP contribution in [-0.2, 0) is 17.8 Å². The number of carbonyl (C=O) groups excluding carboxylic acids is 1. The van der Waals surface area contributed by atoms with Crippen LogP contribution >= 0.6 is 35.1 Å². The smallest absolute Gasteiger partial charge is 0.225 e. The molecule has 0 aliphatic carbocycles. The third-order valence-corrected chi connectivity index (χ3v) is 8.99. The Morgan fingerprint density at radius 2 is 1.59 bits per heavy atom. The van der Waals surface area contributed by atoms with Crippen LogP contribution in [0.4, 0.5) is 5.00 Å². The number of nitrogens with zero attached hydrogens (tertiary/aromatic N) is 2. The molecule has 0 radical (unpaired) electrons. The number of anilines is 1. The van der Waals surface area contributed by atoms with Gasteiger partial charge in [0.2, 0.25) is 5.91 Å². The number of likely N-dealkylation sites (N-methyl/N-ethyl adjacent to an activating group) is 1. The molecule has 3 aromatic carbocycles. The number of carbonyl (C=O) groups is 1. The number of thiophene rings is 1. The highest BCUT2D eigenvalue weighted by Gasteiger charge is 2.27. The van der Waals surface area contributed by atoms with E-state index in [9.17, 15) is 4.79 Å². The summed E-state index contributed by atoms with van der Waals surface area (Å²) in [5.74, 6) is 0.0287.